The number of carbonyl (C=O) groups is 3. The van der Waals surface area contributed by atoms with Gasteiger partial charge >= 0.3 is 6.03 Å². The van der Waals surface area contributed by atoms with Crippen molar-refractivity contribution in [2.45, 2.75) is 57.2 Å². The molecule has 2 heterocycles. The highest BCUT2D eigenvalue weighted by Gasteiger charge is 2.45. The van der Waals surface area contributed by atoms with Crippen LogP contribution in [0.25, 0.3) is 0 Å². The van der Waals surface area contributed by atoms with Crippen LogP contribution in [0, 0.1) is 0 Å². The van der Waals surface area contributed by atoms with Gasteiger partial charge in [-0.05, 0) is 19.8 Å². The largest absolute Gasteiger partial charge is 0.335 e. The van der Waals surface area contributed by atoms with Crippen LogP contribution in [0.4, 0.5) is 4.79 Å². The van der Waals surface area contributed by atoms with Crippen molar-refractivity contribution in [1.82, 2.24) is 20.0 Å². The highest BCUT2D eigenvalue weighted by Crippen LogP contribution is 2.22. The van der Waals surface area contributed by atoms with Gasteiger partial charge in [-0.3, -0.25) is 9.59 Å². The molecule has 1 saturated carbocycles. The van der Waals surface area contributed by atoms with E-state index < -0.39 is 12.1 Å². The van der Waals surface area contributed by atoms with Crippen molar-refractivity contribution in [2.75, 3.05) is 26.7 Å². The maximum atomic E-state index is 12.5. The van der Waals surface area contributed by atoms with Crippen molar-refractivity contribution in [3.63, 3.8) is 0 Å². The van der Waals surface area contributed by atoms with Gasteiger partial charge in [0.15, 0.2) is 0 Å². The number of piperazine rings is 2. The van der Waals surface area contributed by atoms with Crippen LogP contribution in [-0.4, -0.2) is 77.4 Å². The molecule has 2 aliphatic heterocycles. The Bertz CT molecular complexity index is 504. The number of urea groups is 1. The second-order valence-corrected chi connectivity index (χ2v) is 6.90. The minimum absolute atomic E-state index is 0.0237. The number of carbonyl (C=O) groups excluding carboxylic acids is 3. The van der Waals surface area contributed by atoms with Gasteiger partial charge in [0, 0.05) is 26.2 Å². The molecule has 1 N–H and O–H groups in total. The number of nitrogens with zero attached hydrogens (tertiary/aromatic N) is 3. The number of fused-ring (bicyclic) bond motifs is 1. The van der Waals surface area contributed by atoms with Gasteiger partial charge in [0.05, 0.1) is 6.54 Å². The second-order valence-electron chi connectivity index (χ2n) is 6.90. The van der Waals surface area contributed by atoms with Gasteiger partial charge in [-0.1, -0.05) is 19.3 Å². The Labute approximate surface area is 137 Å². The summed E-state index contributed by atoms with van der Waals surface area (Å²) in [6, 6.07) is -0.797. The number of likely N-dealkylation sites (N-methyl/N-ethyl adjacent to an activating group) is 1. The molecular weight excluding hydrogens is 296 g/mol. The first kappa shape index (κ1) is 16.1. The van der Waals surface area contributed by atoms with Gasteiger partial charge < -0.3 is 20.0 Å². The van der Waals surface area contributed by atoms with Crippen LogP contribution < -0.4 is 5.32 Å². The number of nitrogens with one attached hydrogen (secondary N) is 1. The summed E-state index contributed by atoms with van der Waals surface area (Å²) in [5, 5.41) is 3.09. The van der Waals surface area contributed by atoms with Crippen LogP contribution in [0.1, 0.15) is 39.0 Å². The molecule has 0 aromatic heterocycles. The zero-order chi connectivity index (χ0) is 16.6. The average molecular weight is 322 g/mol. The van der Waals surface area contributed by atoms with E-state index in [2.05, 4.69) is 5.32 Å². The molecule has 128 valence electrons. The third-order valence-electron chi connectivity index (χ3n) is 5.45. The van der Waals surface area contributed by atoms with E-state index in [9.17, 15) is 14.4 Å². The highest BCUT2D eigenvalue weighted by atomic mass is 16.2. The Morgan fingerprint density at radius 2 is 1.78 bits per heavy atom. The van der Waals surface area contributed by atoms with E-state index >= 15 is 0 Å². The number of hydrogen-bond donors (Lipinski definition) is 1. The van der Waals surface area contributed by atoms with Gasteiger partial charge in [0.1, 0.15) is 12.1 Å². The first-order valence-corrected chi connectivity index (χ1v) is 8.61. The van der Waals surface area contributed by atoms with E-state index in [1.807, 2.05) is 0 Å². The molecule has 1 aliphatic carbocycles. The predicted octanol–water partition coefficient (Wildman–Crippen LogP) is 0.402. The summed E-state index contributed by atoms with van der Waals surface area (Å²) in [6.07, 6.45) is 5.64. The Kier molecular flexibility index (Phi) is 4.46. The summed E-state index contributed by atoms with van der Waals surface area (Å²) in [5.74, 6) is -0.100. The first-order valence-electron chi connectivity index (χ1n) is 8.61. The number of amides is 4. The van der Waals surface area contributed by atoms with Crippen molar-refractivity contribution in [1.29, 1.82) is 0 Å². The fraction of sp³-hybridized carbons (Fsp3) is 0.812. The fourth-order valence-electron chi connectivity index (χ4n) is 3.79. The van der Waals surface area contributed by atoms with E-state index in [1.54, 1.807) is 23.8 Å². The SMILES string of the molecule is C[C@H]1C(=O)N2CCN(C(=O)NC3CCCCC3)C[C@@H]2C(=O)N1C. The minimum Gasteiger partial charge on any atom is -0.335 e. The Balaban J connectivity index is 1.63. The van der Waals surface area contributed by atoms with Crippen molar-refractivity contribution < 1.29 is 14.4 Å². The van der Waals surface area contributed by atoms with Crippen molar-refractivity contribution in [3.05, 3.63) is 0 Å². The second kappa shape index (κ2) is 6.37. The fourth-order valence-corrected chi connectivity index (χ4v) is 3.79. The standard InChI is InChI=1S/C16H26N4O3/c1-11-14(21)20-9-8-19(10-13(20)15(22)18(11)2)16(23)17-12-6-4-3-5-7-12/h11-13H,3-10H2,1-2H3,(H,17,23)/t11-,13+/m0/s1. The number of hydrogen-bond acceptors (Lipinski definition) is 3. The molecule has 0 bridgehead atoms. The molecule has 3 aliphatic rings. The lowest BCUT2D eigenvalue weighted by atomic mass is 9.95. The molecule has 2 atom stereocenters. The zero-order valence-corrected chi connectivity index (χ0v) is 14.0. The Hall–Kier alpha value is -1.79. The summed E-state index contributed by atoms with van der Waals surface area (Å²) in [6.45, 7) is 2.97. The zero-order valence-electron chi connectivity index (χ0n) is 14.0. The molecule has 0 unspecified atom stereocenters. The Morgan fingerprint density at radius 3 is 2.48 bits per heavy atom. The molecule has 0 aromatic carbocycles. The molecule has 23 heavy (non-hydrogen) atoms. The van der Waals surface area contributed by atoms with Crippen LogP contribution >= 0.6 is 0 Å². The summed E-state index contributed by atoms with van der Waals surface area (Å²) in [4.78, 5) is 42.0. The minimum atomic E-state index is -0.533. The third-order valence-corrected chi connectivity index (χ3v) is 5.45. The molecule has 0 radical (unpaired) electrons. The lowest BCUT2D eigenvalue weighted by Gasteiger charge is -2.47. The molecule has 2 saturated heterocycles. The van der Waals surface area contributed by atoms with Crippen LogP contribution in [-0.2, 0) is 9.59 Å². The van der Waals surface area contributed by atoms with Gasteiger partial charge in [-0.15, -0.1) is 0 Å². The smallest absolute Gasteiger partial charge is 0.317 e. The molecule has 4 amide bonds. The van der Waals surface area contributed by atoms with Gasteiger partial charge in [-0.25, -0.2) is 4.79 Å². The maximum Gasteiger partial charge on any atom is 0.317 e. The predicted molar refractivity (Wildman–Crippen MR) is 84.7 cm³/mol. The molecular formula is C16H26N4O3. The van der Waals surface area contributed by atoms with Gasteiger partial charge in [-0.2, -0.15) is 0 Å². The highest BCUT2D eigenvalue weighted by molar-refractivity contribution is 5.97. The molecule has 3 rings (SSSR count). The molecule has 0 aromatic rings. The van der Waals surface area contributed by atoms with E-state index in [0.717, 1.165) is 25.7 Å². The summed E-state index contributed by atoms with van der Waals surface area (Å²) < 4.78 is 0. The molecule has 0 spiro atoms. The van der Waals surface area contributed by atoms with Crippen LogP contribution in [0.15, 0.2) is 0 Å². The van der Waals surface area contributed by atoms with E-state index in [-0.39, 0.29) is 23.9 Å². The van der Waals surface area contributed by atoms with Gasteiger partial charge in [0.2, 0.25) is 11.8 Å². The lowest BCUT2D eigenvalue weighted by Crippen LogP contribution is -2.69. The topological polar surface area (TPSA) is 73.0 Å². The summed E-state index contributed by atoms with van der Waals surface area (Å²) in [7, 11) is 1.66. The van der Waals surface area contributed by atoms with Gasteiger partial charge in [0.25, 0.3) is 0 Å². The van der Waals surface area contributed by atoms with Crippen LogP contribution in [0.2, 0.25) is 0 Å². The third kappa shape index (κ3) is 3.01. The molecule has 3 fully saturated rings. The average Bonchev–Trinajstić information content (AvgIpc) is 2.58. The molecule has 7 nitrogen and oxygen atoms in total. The van der Waals surface area contributed by atoms with E-state index in [1.165, 1.54) is 11.3 Å². The van der Waals surface area contributed by atoms with Crippen molar-refractivity contribution in [3.8, 4) is 0 Å². The first-order chi connectivity index (χ1) is 11.0. The summed E-state index contributed by atoms with van der Waals surface area (Å²) in [5.41, 5.74) is 0. The van der Waals surface area contributed by atoms with Crippen molar-refractivity contribution in [2.24, 2.45) is 0 Å². The molecule has 7 heteroatoms. The number of rotatable bonds is 1. The van der Waals surface area contributed by atoms with Crippen LogP contribution in [0.5, 0.6) is 0 Å². The van der Waals surface area contributed by atoms with Crippen LogP contribution in [0.3, 0.4) is 0 Å². The maximum absolute atomic E-state index is 12.5. The quantitative estimate of drug-likeness (QED) is 0.759. The normalized spacial score (nSPS) is 29.6. The summed E-state index contributed by atoms with van der Waals surface area (Å²) >= 11 is 0. The van der Waals surface area contributed by atoms with E-state index in [0.29, 0.717) is 19.6 Å². The van der Waals surface area contributed by atoms with Crippen molar-refractivity contribution >= 4 is 17.8 Å². The van der Waals surface area contributed by atoms with E-state index in [4.69, 9.17) is 0 Å². The monoisotopic (exact) mass is 322 g/mol. The lowest BCUT2D eigenvalue weighted by molar-refractivity contribution is -0.162. The Morgan fingerprint density at radius 1 is 1.09 bits per heavy atom.